The van der Waals surface area contributed by atoms with Gasteiger partial charge in [0.1, 0.15) is 5.69 Å². The molecule has 0 atom stereocenters. The first kappa shape index (κ1) is 9.92. The van der Waals surface area contributed by atoms with Crippen molar-refractivity contribution in [1.82, 2.24) is 9.78 Å². The minimum atomic E-state index is -0.848. The summed E-state index contributed by atoms with van der Waals surface area (Å²) < 4.78 is 1.62. The first-order valence-electron chi connectivity index (χ1n) is 4.16. The fourth-order valence-electron chi connectivity index (χ4n) is 1.14. The minimum Gasteiger partial charge on any atom is -0.319 e. The molecule has 1 aromatic heterocycles. The Labute approximate surface area is 77.7 Å². The summed E-state index contributed by atoms with van der Waals surface area (Å²) in [5, 5.41) is 4.06. The van der Waals surface area contributed by atoms with Crippen LogP contribution in [0.3, 0.4) is 0 Å². The number of hydrogen-bond acceptors (Lipinski definition) is 3. The monoisotopic (exact) mass is 181 g/mol. The molecule has 0 aliphatic heterocycles. The van der Waals surface area contributed by atoms with Crippen LogP contribution in [0.25, 0.3) is 0 Å². The largest absolute Gasteiger partial charge is 0.319 e. The Morgan fingerprint density at radius 1 is 1.62 bits per heavy atom. The lowest BCUT2D eigenvalue weighted by Gasteiger charge is -2.15. The van der Waals surface area contributed by atoms with E-state index in [1.54, 1.807) is 31.8 Å². The van der Waals surface area contributed by atoms with Crippen LogP contribution in [0.5, 0.6) is 0 Å². The quantitative estimate of drug-likeness (QED) is 0.681. The molecule has 0 fully saturated rings. The van der Waals surface area contributed by atoms with Crippen molar-refractivity contribution in [3.63, 3.8) is 0 Å². The standard InChI is InChI=1S/C9H15N3O/c1-6-5-12(4)11-7(6)8(13)9(2,3)10/h5H,10H2,1-4H3. The van der Waals surface area contributed by atoms with E-state index in [0.717, 1.165) is 5.56 Å². The van der Waals surface area contributed by atoms with Crippen molar-refractivity contribution < 1.29 is 4.79 Å². The van der Waals surface area contributed by atoms with Crippen molar-refractivity contribution in [3.05, 3.63) is 17.5 Å². The molecule has 0 spiro atoms. The van der Waals surface area contributed by atoms with Gasteiger partial charge in [0, 0.05) is 13.2 Å². The topological polar surface area (TPSA) is 60.9 Å². The Balaban J connectivity index is 3.09. The highest BCUT2D eigenvalue weighted by Crippen LogP contribution is 2.12. The number of aromatic nitrogens is 2. The molecule has 0 amide bonds. The van der Waals surface area contributed by atoms with Crippen LogP contribution < -0.4 is 5.73 Å². The number of hydrogen-bond donors (Lipinski definition) is 1. The lowest BCUT2D eigenvalue weighted by Crippen LogP contribution is -2.42. The van der Waals surface area contributed by atoms with Gasteiger partial charge in [0.25, 0.3) is 0 Å². The molecule has 4 heteroatoms. The van der Waals surface area contributed by atoms with Crippen LogP contribution in [0.2, 0.25) is 0 Å². The lowest BCUT2D eigenvalue weighted by molar-refractivity contribution is 0.0907. The van der Waals surface area contributed by atoms with Crippen molar-refractivity contribution in [2.75, 3.05) is 0 Å². The van der Waals surface area contributed by atoms with E-state index in [1.165, 1.54) is 0 Å². The summed E-state index contributed by atoms with van der Waals surface area (Å²) >= 11 is 0. The van der Waals surface area contributed by atoms with E-state index in [-0.39, 0.29) is 5.78 Å². The molecule has 1 rings (SSSR count). The maximum Gasteiger partial charge on any atom is 0.202 e. The van der Waals surface area contributed by atoms with E-state index >= 15 is 0 Å². The van der Waals surface area contributed by atoms with Crippen LogP contribution in [0.1, 0.15) is 29.9 Å². The first-order valence-corrected chi connectivity index (χ1v) is 4.16. The molecule has 0 aromatic carbocycles. The van der Waals surface area contributed by atoms with Crippen molar-refractivity contribution in [2.45, 2.75) is 26.3 Å². The third-order valence-corrected chi connectivity index (χ3v) is 1.81. The zero-order valence-electron chi connectivity index (χ0n) is 8.46. The SMILES string of the molecule is Cc1cn(C)nc1C(=O)C(C)(C)N. The average Bonchev–Trinajstić information content (AvgIpc) is 2.26. The van der Waals surface area contributed by atoms with Gasteiger partial charge >= 0.3 is 0 Å². The summed E-state index contributed by atoms with van der Waals surface area (Å²) in [6, 6.07) is 0. The predicted octanol–water partition coefficient (Wildman–Crippen LogP) is 0.649. The second kappa shape index (κ2) is 2.96. The van der Waals surface area contributed by atoms with E-state index in [9.17, 15) is 4.79 Å². The third kappa shape index (κ3) is 1.95. The maximum atomic E-state index is 11.7. The van der Waals surface area contributed by atoms with Crippen molar-refractivity contribution in [1.29, 1.82) is 0 Å². The number of nitrogens with zero attached hydrogens (tertiary/aromatic N) is 2. The Morgan fingerprint density at radius 3 is 2.46 bits per heavy atom. The molecule has 0 bridgehead atoms. The van der Waals surface area contributed by atoms with Gasteiger partial charge in [-0.1, -0.05) is 0 Å². The van der Waals surface area contributed by atoms with Gasteiger partial charge in [-0.2, -0.15) is 5.10 Å². The van der Waals surface area contributed by atoms with Crippen molar-refractivity contribution >= 4 is 5.78 Å². The zero-order valence-corrected chi connectivity index (χ0v) is 8.46. The van der Waals surface area contributed by atoms with Gasteiger partial charge in [0.15, 0.2) is 0 Å². The molecule has 1 heterocycles. The lowest BCUT2D eigenvalue weighted by atomic mass is 9.97. The summed E-state index contributed by atoms with van der Waals surface area (Å²) in [6.07, 6.45) is 1.80. The van der Waals surface area contributed by atoms with E-state index < -0.39 is 5.54 Å². The van der Waals surface area contributed by atoms with E-state index in [0.29, 0.717) is 5.69 Å². The molecule has 0 saturated carbocycles. The molecule has 72 valence electrons. The third-order valence-electron chi connectivity index (χ3n) is 1.81. The molecule has 0 radical (unpaired) electrons. The maximum absolute atomic E-state index is 11.7. The second-order valence-corrected chi connectivity index (χ2v) is 3.89. The number of aryl methyl sites for hydroxylation is 2. The summed E-state index contributed by atoms with van der Waals surface area (Å²) in [5.74, 6) is -0.120. The van der Waals surface area contributed by atoms with Gasteiger partial charge in [-0.15, -0.1) is 0 Å². The van der Waals surface area contributed by atoms with E-state index in [1.807, 2.05) is 6.92 Å². The highest BCUT2D eigenvalue weighted by molar-refractivity contribution is 6.01. The number of ketones is 1. The van der Waals surface area contributed by atoms with Gasteiger partial charge in [0.05, 0.1) is 5.54 Å². The fourth-order valence-corrected chi connectivity index (χ4v) is 1.14. The number of nitrogens with two attached hydrogens (primary N) is 1. The molecular weight excluding hydrogens is 166 g/mol. The van der Waals surface area contributed by atoms with Gasteiger partial charge in [0.2, 0.25) is 5.78 Å². The summed E-state index contributed by atoms with van der Waals surface area (Å²) in [7, 11) is 1.79. The molecule has 2 N–H and O–H groups in total. The number of carbonyl (C=O) groups excluding carboxylic acids is 1. The van der Waals surface area contributed by atoms with E-state index in [4.69, 9.17) is 5.73 Å². The average molecular weight is 181 g/mol. The Kier molecular flexibility index (Phi) is 2.26. The van der Waals surface area contributed by atoms with Crippen LogP contribution in [0.15, 0.2) is 6.20 Å². The number of carbonyl (C=O) groups is 1. The highest BCUT2D eigenvalue weighted by atomic mass is 16.1. The summed E-state index contributed by atoms with van der Waals surface area (Å²) in [4.78, 5) is 11.7. The summed E-state index contributed by atoms with van der Waals surface area (Å²) in [6.45, 7) is 5.22. The van der Waals surface area contributed by atoms with Gasteiger partial charge in [-0.25, -0.2) is 0 Å². The molecule has 0 aliphatic rings. The Bertz CT molecular complexity index is 333. The Hall–Kier alpha value is -1.16. The second-order valence-electron chi connectivity index (χ2n) is 3.89. The van der Waals surface area contributed by atoms with Gasteiger partial charge in [-0.3, -0.25) is 9.48 Å². The van der Waals surface area contributed by atoms with Crippen LogP contribution in [-0.4, -0.2) is 21.1 Å². The smallest absolute Gasteiger partial charge is 0.202 e. The molecule has 13 heavy (non-hydrogen) atoms. The normalized spacial score (nSPS) is 11.8. The molecule has 4 nitrogen and oxygen atoms in total. The number of rotatable bonds is 2. The van der Waals surface area contributed by atoms with Gasteiger partial charge < -0.3 is 5.73 Å². The van der Waals surface area contributed by atoms with Crippen molar-refractivity contribution in [2.24, 2.45) is 12.8 Å². The predicted molar refractivity (Wildman–Crippen MR) is 50.5 cm³/mol. The van der Waals surface area contributed by atoms with Gasteiger partial charge in [-0.05, 0) is 26.3 Å². The van der Waals surface area contributed by atoms with Crippen molar-refractivity contribution in [3.8, 4) is 0 Å². The van der Waals surface area contributed by atoms with Crippen LogP contribution >= 0.6 is 0 Å². The fraction of sp³-hybridized carbons (Fsp3) is 0.556. The molecule has 1 aromatic rings. The molecule has 0 unspecified atom stereocenters. The summed E-state index contributed by atoms with van der Waals surface area (Å²) in [5.41, 5.74) is 6.18. The Morgan fingerprint density at radius 2 is 2.15 bits per heavy atom. The van der Waals surface area contributed by atoms with Crippen LogP contribution in [0.4, 0.5) is 0 Å². The highest BCUT2D eigenvalue weighted by Gasteiger charge is 2.26. The molecular formula is C9H15N3O. The minimum absolute atomic E-state index is 0.120. The number of Topliss-reactive ketones (excluding diaryl/α,β-unsaturated/α-hetero) is 1. The molecule has 0 saturated heterocycles. The first-order chi connectivity index (χ1) is 5.82. The molecule has 0 aliphatic carbocycles. The van der Waals surface area contributed by atoms with Crippen LogP contribution in [-0.2, 0) is 7.05 Å². The van der Waals surface area contributed by atoms with Crippen LogP contribution in [0, 0.1) is 6.92 Å². The van der Waals surface area contributed by atoms with E-state index in [2.05, 4.69) is 5.10 Å². The zero-order chi connectivity index (χ0) is 10.2.